The monoisotopic (exact) mass is 253 g/mol. The standard InChI is InChI=1S/C15H15N3O/c1-12-6-5-9-14(10-12)17-15(19)18-16-11-13-7-3-2-4-8-13/h2-11H,1H3,(H2,17,18,19)/b16-11+. The summed E-state index contributed by atoms with van der Waals surface area (Å²) in [6.07, 6.45) is 1.59. The van der Waals surface area contributed by atoms with Crippen molar-refractivity contribution in [3.8, 4) is 0 Å². The van der Waals surface area contributed by atoms with Crippen LogP contribution >= 0.6 is 0 Å². The van der Waals surface area contributed by atoms with Gasteiger partial charge in [-0.15, -0.1) is 0 Å². The van der Waals surface area contributed by atoms with E-state index in [0.29, 0.717) is 0 Å². The lowest BCUT2D eigenvalue weighted by atomic mass is 10.2. The van der Waals surface area contributed by atoms with Crippen LogP contribution in [0.3, 0.4) is 0 Å². The van der Waals surface area contributed by atoms with Crippen LogP contribution in [0, 0.1) is 6.92 Å². The Morgan fingerprint density at radius 1 is 1.11 bits per heavy atom. The molecule has 0 fully saturated rings. The third-order valence-corrected chi connectivity index (χ3v) is 2.46. The van der Waals surface area contributed by atoms with E-state index in [1.165, 1.54) is 0 Å². The van der Waals surface area contributed by atoms with E-state index in [4.69, 9.17) is 0 Å². The van der Waals surface area contributed by atoms with E-state index >= 15 is 0 Å². The van der Waals surface area contributed by atoms with Gasteiger partial charge in [0.05, 0.1) is 6.21 Å². The molecule has 2 N–H and O–H groups in total. The van der Waals surface area contributed by atoms with Gasteiger partial charge in [0.25, 0.3) is 0 Å². The van der Waals surface area contributed by atoms with Crippen molar-refractivity contribution in [1.29, 1.82) is 0 Å². The maximum Gasteiger partial charge on any atom is 0.339 e. The number of urea groups is 1. The van der Waals surface area contributed by atoms with Crippen molar-refractivity contribution in [3.63, 3.8) is 0 Å². The third kappa shape index (κ3) is 4.27. The number of aryl methyl sites for hydroxylation is 1. The van der Waals surface area contributed by atoms with Crippen molar-refractivity contribution < 1.29 is 4.79 Å². The van der Waals surface area contributed by atoms with E-state index in [9.17, 15) is 4.79 Å². The summed E-state index contributed by atoms with van der Waals surface area (Å²) in [6.45, 7) is 1.97. The Labute approximate surface area is 112 Å². The molecule has 19 heavy (non-hydrogen) atoms. The molecule has 96 valence electrons. The highest BCUT2D eigenvalue weighted by atomic mass is 16.2. The maximum atomic E-state index is 11.6. The van der Waals surface area contributed by atoms with E-state index in [1.807, 2.05) is 61.5 Å². The van der Waals surface area contributed by atoms with E-state index in [-0.39, 0.29) is 6.03 Å². The zero-order valence-electron chi connectivity index (χ0n) is 10.6. The quantitative estimate of drug-likeness (QED) is 0.640. The first-order valence-electron chi connectivity index (χ1n) is 5.96. The van der Waals surface area contributed by atoms with Crippen LogP contribution in [0.1, 0.15) is 11.1 Å². The SMILES string of the molecule is Cc1cccc(NC(=O)N/N=C/c2ccccc2)c1. The van der Waals surface area contributed by atoms with Crippen LogP contribution in [-0.4, -0.2) is 12.2 Å². The number of hydrogen-bond donors (Lipinski definition) is 2. The van der Waals surface area contributed by atoms with Gasteiger partial charge in [0.15, 0.2) is 0 Å². The van der Waals surface area contributed by atoms with Crippen LogP contribution in [0.5, 0.6) is 0 Å². The molecule has 4 nitrogen and oxygen atoms in total. The van der Waals surface area contributed by atoms with Crippen LogP contribution in [0.25, 0.3) is 0 Å². The van der Waals surface area contributed by atoms with E-state index in [0.717, 1.165) is 16.8 Å². The smallest absolute Gasteiger partial charge is 0.307 e. The van der Waals surface area contributed by atoms with E-state index < -0.39 is 0 Å². The van der Waals surface area contributed by atoms with E-state index in [2.05, 4.69) is 15.8 Å². The summed E-state index contributed by atoms with van der Waals surface area (Å²) >= 11 is 0. The van der Waals surface area contributed by atoms with E-state index in [1.54, 1.807) is 6.21 Å². The van der Waals surface area contributed by atoms with Crippen molar-refractivity contribution in [3.05, 3.63) is 65.7 Å². The number of benzene rings is 2. The normalized spacial score (nSPS) is 10.4. The largest absolute Gasteiger partial charge is 0.339 e. The summed E-state index contributed by atoms with van der Waals surface area (Å²) in [5.74, 6) is 0. The second-order valence-electron chi connectivity index (χ2n) is 4.10. The lowest BCUT2D eigenvalue weighted by molar-refractivity contribution is 0.252. The van der Waals surface area contributed by atoms with Gasteiger partial charge in [-0.1, -0.05) is 42.5 Å². The van der Waals surface area contributed by atoms with Crippen molar-refractivity contribution in [1.82, 2.24) is 5.43 Å². The molecule has 2 amide bonds. The average molecular weight is 253 g/mol. The molecule has 0 atom stereocenters. The van der Waals surface area contributed by atoms with Crippen LogP contribution < -0.4 is 10.7 Å². The van der Waals surface area contributed by atoms with Gasteiger partial charge in [-0.3, -0.25) is 0 Å². The fourth-order valence-corrected chi connectivity index (χ4v) is 1.59. The molecule has 4 heteroatoms. The summed E-state index contributed by atoms with van der Waals surface area (Å²) in [4.78, 5) is 11.6. The minimum atomic E-state index is -0.363. The Morgan fingerprint density at radius 2 is 1.89 bits per heavy atom. The number of hydrogen-bond acceptors (Lipinski definition) is 2. The number of carbonyl (C=O) groups excluding carboxylic acids is 1. The molecule has 2 aromatic rings. The average Bonchev–Trinajstić information content (AvgIpc) is 2.40. The van der Waals surface area contributed by atoms with Gasteiger partial charge in [0, 0.05) is 5.69 Å². The minimum absolute atomic E-state index is 0.363. The Bertz CT molecular complexity index is 579. The number of amides is 2. The fraction of sp³-hybridized carbons (Fsp3) is 0.0667. The summed E-state index contributed by atoms with van der Waals surface area (Å²) < 4.78 is 0. The molecule has 2 rings (SSSR count). The van der Waals surface area contributed by atoms with Gasteiger partial charge >= 0.3 is 6.03 Å². The molecule has 0 aromatic heterocycles. The highest BCUT2D eigenvalue weighted by Crippen LogP contribution is 2.08. The van der Waals surface area contributed by atoms with Crippen molar-refractivity contribution in [2.75, 3.05) is 5.32 Å². The molecule has 0 aliphatic carbocycles. The lowest BCUT2D eigenvalue weighted by Crippen LogP contribution is -2.24. The number of carbonyl (C=O) groups is 1. The predicted octanol–water partition coefficient (Wildman–Crippen LogP) is 3.15. The molecule has 0 spiro atoms. The first-order chi connectivity index (χ1) is 9.24. The summed E-state index contributed by atoms with van der Waals surface area (Å²) in [6, 6.07) is 16.8. The molecular formula is C15H15N3O. The third-order valence-electron chi connectivity index (χ3n) is 2.46. The molecule has 2 aromatic carbocycles. The Morgan fingerprint density at radius 3 is 2.63 bits per heavy atom. The van der Waals surface area contributed by atoms with Gasteiger partial charge in [-0.2, -0.15) is 5.10 Å². The fourth-order valence-electron chi connectivity index (χ4n) is 1.59. The van der Waals surface area contributed by atoms with Gasteiger partial charge in [0.2, 0.25) is 0 Å². The molecule has 0 bridgehead atoms. The van der Waals surface area contributed by atoms with Crippen molar-refractivity contribution in [2.24, 2.45) is 5.10 Å². The molecule has 0 heterocycles. The van der Waals surface area contributed by atoms with Crippen LogP contribution in [-0.2, 0) is 0 Å². The van der Waals surface area contributed by atoms with Gasteiger partial charge in [0.1, 0.15) is 0 Å². The Hall–Kier alpha value is -2.62. The van der Waals surface area contributed by atoms with Crippen LogP contribution in [0.15, 0.2) is 59.7 Å². The second-order valence-corrected chi connectivity index (χ2v) is 4.10. The van der Waals surface area contributed by atoms with Crippen molar-refractivity contribution >= 4 is 17.9 Å². The summed E-state index contributed by atoms with van der Waals surface area (Å²) in [7, 11) is 0. The number of anilines is 1. The molecule has 0 aliphatic heterocycles. The predicted molar refractivity (Wildman–Crippen MR) is 77.4 cm³/mol. The van der Waals surface area contributed by atoms with Crippen molar-refractivity contribution in [2.45, 2.75) is 6.92 Å². The molecule has 0 unspecified atom stereocenters. The molecule has 0 saturated carbocycles. The number of hydrazone groups is 1. The Kier molecular flexibility index (Phi) is 4.29. The summed E-state index contributed by atoms with van der Waals surface area (Å²) in [5.41, 5.74) is 5.18. The minimum Gasteiger partial charge on any atom is -0.307 e. The number of nitrogens with one attached hydrogen (secondary N) is 2. The maximum absolute atomic E-state index is 11.6. The first kappa shape index (κ1) is 12.8. The molecule has 0 aliphatic rings. The highest BCUT2D eigenvalue weighted by Gasteiger charge is 1.99. The Balaban J connectivity index is 1.87. The van der Waals surface area contributed by atoms with Gasteiger partial charge in [-0.25, -0.2) is 10.2 Å². The molecular weight excluding hydrogens is 238 g/mol. The number of nitrogens with zero attached hydrogens (tertiary/aromatic N) is 1. The molecule has 0 saturated heterocycles. The van der Waals surface area contributed by atoms with Crippen LogP contribution in [0.4, 0.5) is 10.5 Å². The molecule has 0 radical (unpaired) electrons. The highest BCUT2D eigenvalue weighted by molar-refractivity contribution is 5.90. The van der Waals surface area contributed by atoms with Gasteiger partial charge < -0.3 is 5.32 Å². The van der Waals surface area contributed by atoms with Crippen LogP contribution in [0.2, 0.25) is 0 Å². The summed E-state index contributed by atoms with van der Waals surface area (Å²) in [5, 5.41) is 6.58. The topological polar surface area (TPSA) is 53.5 Å². The number of rotatable bonds is 3. The zero-order valence-corrected chi connectivity index (χ0v) is 10.6. The second kappa shape index (κ2) is 6.35. The zero-order chi connectivity index (χ0) is 13.5. The first-order valence-corrected chi connectivity index (χ1v) is 5.96. The lowest BCUT2D eigenvalue weighted by Gasteiger charge is -2.04. The van der Waals surface area contributed by atoms with Gasteiger partial charge in [-0.05, 0) is 30.2 Å².